The maximum absolute atomic E-state index is 11.3. The topological polar surface area (TPSA) is 98.2 Å². The molecular formula is C13H21N3O2S. The Bertz CT molecular complexity index is 553. The van der Waals surface area contributed by atoms with Crippen LogP contribution in [0.3, 0.4) is 0 Å². The lowest BCUT2D eigenvalue weighted by Crippen LogP contribution is -2.20. The second-order valence-electron chi connectivity index (χ2n) is 5.22. The van der Waals surface area contributed by atoms with Crippen molar-refractivity contribution in [3.05, 3.63) is 18.2 Å². The smallest absolute Gasteiger partial charge is 0.238 e. The third-order valence-electron chi connectivity index (χ3n) is 3.52. The summed E-state index contributed by atoms with van der Waals surface area (Å²) in [4.78, 5) is 0.0884. The highest BCUT2D eigenvalue weighted by Crippen LogP contribution is 2.35. The van der Waals surface area contributed by atoms with Gasteiger partial charge < -0.3 is 11.1 Å². The Morgan fingerprint density at radius 1 is 1.42 bits per heavy atom. The van der Waals surface area contributed by atoms with E-state index in [1.165, 1.54) is 25.0 Å². The van der Waals surface area contributed by atoms with Gasteiger partial charge in [0.05, 0.1) is 16.3 Å². The predicted octanol–water partition coefficient (Wildman–Crippen LogP) is 1.91. The Kier molecular flexibility index (Phi) is 4.01. The molecule has 1 fully saturated rings. The van der Waals surface area contributed by atoms with Crippen LogP contribution in [0.2, 0.25) is 0 Å². The number of anilines is 2. The molecule has 1 saturated carbocycles. The van der Waals surface area contributed by atoms with Gasteiger partial charge >= 0.3 is 0 Å². The second kappa shape index (κ2) is 5.38. The summed E-state index contributed by atoms with van der Waals surface area (Å²) >= 11 is 0. The zero-order valence-corrected chi connectivity index (χ0v) is 11.9. The van der Waals surface area contributed by atoms with E-state index >= 15 is 0 Å². The van der Waals surface area contributed by atoms with E-state index in [1.54, 1.807) is 6.07 Å². The van der Waals surface area contributed by atoms with Crippen molar-refractivity contribution in [2.24, 2.45) is 11.1 Å². The first kappa shape index (κ1) is 14.1. The highest BCUT2D eigenvalue weighted by Gasteiger charge is 2.25. The number of benzene rings is 1. The molecular weight excluding hydrogens is 262 g/mol. The lowest BCUT2D eigenvalue weighted by Gasteiger charge is -2.19. The number of nitrogens with one attached hydrogen (secondary N) is 1. The van der Waals surface area contributed by atoms with Crippen molar-refractivity contribution >= 4 is 21.4 Å². The van der Waals surface area contributed by atoms with Crippen LogP contribution < -0.4 is 16.2 Å². The minimum Gasteiger partial charge on any atom is -0.397 e. The highest BCUT2D eigenvalue weighted by molar-refractivity contribution is 7.89. The summed E-state index contributed by atoms with van der Waals surface area (Å²) in [5, 5.41) is 8.47. The fourth-order valence-corrected chi connectivity index (χ4v) is 2.68. The molecule has 0 heterocycles. The molecule has 0 spiro atoms. The molecule has 0 aliphatic heterocycles. The third kappa shape index (κ3) is 3.84. The minimum atomic E-state index is -3.69. The molecule has 0 aromatic heterocycles. The molecule has 0 radical (unpaired) electrons. The lowest BCUT2D eigenvalue weighted by atomic mass is 10.1. The van der Waals surface area contributed by atoms with E-state index in [2.05, 4.69) is 12.2 Å². The first-order valence-corrected chi connectivity index (χ1v) is 8.13. The maximum atomic E-state index is 11.3. The van der Waals surface area contributed by atoms with Crippen LogP contribution in [-0.2, 0) is 10.0 Å². The summed E-state index contributed by atoms with van der Waals surface area (Å²) in [5.74, 6) is 0.806. The Hall–Kier alpha value is -1.27. The van der Waals surface area contributed by atoms with Crippen LogP contribution in [-0.4, -0.2) is 14.5 Å². The summed E-state index contributed by atoms with van der Waals surface area (Å²) in [6.45, 7) is 2.11. The number of nitrogen functional groups attached to an aromatic ring is 1. The van der Waals surface area contributed by atoms with E-state index in [-0.39, 0.29) is 4.90 Å². The van der Waals surface area contributed by atoms with Gasteiger partial charge in [-0.15, -0.1) is 0 Å². The van der Waals surface area contributed by atoms with Crippen molar-refractivity contribution in [1.29, 1.82) is 0 Å². The molecule has 0 bridgehead atoms. The average Bonchev–Trinajstić information content (AvgIpc) is 3.13. The molecule has 0 amide bonds. The molecule has 1 aromatic rings. The third-order valence-corrected chi connectivity index (χ3v) is 4.43. The number of hydrogen-bond acceptors (Lipinski definition) is 4. The van der Waals surface area contributed by atoms with Gasteiger partial charge in [0, 0.05) is 6.04 Å². The van der Waals surface area contributed by atoms with Crippen LogP contribution in [0.1, 0.15) is 32.6 Å². The van der Waals surface area contributed by atoms with Crippen LogP contribution >= 0.6 is 0 Å². The average molecular weight is 283 g/mol. The molecule has 1 aliphatic carbocycles. The van der Waals surface area contributed by atoms with Gasteiger partial charge in [0.2, 0.25) is 10.0 Å². The Morgan fingerprint density at radius 3 is 2.63 bits per heavy atom. The van der Waals surface area contributed by atoms with Gasteiger partial charge in [-0.1, -0.05) is 19.8 Å². The van der Waals surface area contributed by atoms with Crippen LogP contribution in [0, 0.1) is 5.92 Å². The minimum absolute atomic E-state index is 0.0884. The van der Waals surface area contributed by atoms with Crippen molar-refractivity contribution < 1.29 is 8.42 Å². The molecule has 1 atom stereocenters. The summed E-state index contributed by atoms with van der Waals surface area (Å²) < 4.78 is 22.7. The summed E-state index contributed by atoms with van der Waals surface area (Å²) in [5.41, 5.74) is 7.08. The number of primary sulfonamides is 1. The second-order valence-corrected chi connectivity index (χ2v) is 6.78. The van der Waals surface area contributed by atoms with E-state index in [0.29, 0.717) is 17.4 Å². The predicted molar refractivity (Wildman–Crippen MR) is 77.3 cm³/mol. The van der Waals surface area contributed by atoms with Gasteiger partial charge in [-0.25, -0.2) is 13.6 Å². The molecule has 5 nitrogen and oxygen atoms in total. The molecule has 2 rings (SSSR count). The fraction of sp³-hybridized carbons (Fsp3) is 0.538. The molecule has 19 heavy (non-hydrogen) atoms. The van der Waals surface area contributed by atoms with Crippen molar-refractivity contribution in [2.45, 2.75) is 43.5 Å². The monoisotopic (exact) mass is 283 g/mol. The normalized spacial score (nSPS) is 17.2. The van der Waals surface area contributed by atoms with Gasteiger partial charge in [0.1, 0.15) is 0 Å². The Morgan fingerprint density at radius 2 is 2.11 bits per heavy atom. The quantitative estimate of drug-likeness (QED) is 0.694. The number of rotatable bonds is 6. The first-order chi connectivity index (χ1) is 8.90. The standard InChI is InChI=1S/C13H21N3O2S/c1-2-10(7-9-3-4-9)16-13-8-11(19(15,17)18)5-6-12(13)14/h5-6,8-10,16H,2-4,7,14H2,1H3,(H2,15,17,18). The van der Waals surface area contributed by atoms with Crippen molar-refractivity contribution in [3.8, 4) is 0 Å². The number of hydrogen-bond donors (Lipinski definition) is 3. The fourth-order valence-electron chi connectivity index (χ4n) is 2.14. The summed E-state index contributed by atoms with van der Waals surface area (Å²) in [7, 11) is -3.69. The first-order valence-electron chi connectivity index (χ1n) is 6.59. The van der Waals surface area contributed by atoms with Gasteiger partial charge in [-0.05, 0) is 37.0 Å². The van der Waals surface area contributed by atoms with Crippen LogP contribution in [0.4, 0.5) is 11.4 Å². The van der Waals surface area contributed by atoms with Crippen LogP contribution in [0.5, 0.6) is 0 Å². The van der Waals surface area contributed by atoms with Crippen LogP contribution in [0.15, 0.2) is 23.1 Å². The van der Waals surface area contributed by atoms with Crippen molar-refractivity contribution in [3.63, 3.8) is 0 Å². The Balaban J connectivity index is 2.17. The molecule has 1 aromatic carbocycles. The zero-order valence-electron chi connectivity index (χ0n) is 11.1. The summed E-state index contributed by atoms with van der Waals surface area (Å²) in [6, 6.07) is 4.84. The van der Waals surface area contributed by atoms with Crippen molar-refractivity contribution in [1.82, 2.24) is 0 Å². The van der Waals surface area contributed by atoms with E-state index < -0.39 is 10.0 Å². The molecule has 0 saturated heterocycles. The van der Waals surface area contributed by atoms with E-state index in [0.717, 1.165) is 18.8 Å². The van der Waals surface area contributed by atoms with Gasteiger partial charge in [-0.2, -0.15) is 0 Å². The van der Waals surface area contributed by atoms with E-state index in [9.17, 15) is 8.42 Å². The number of sulfonamides is 1. The molecule has 106 valence electrons. The maximum Gasteiger partial charge on any atom is 0.238 e. The molecule has 6 heteroatoms. The molecule has 1 unspecified atom stereocenters. The van der Waals surface area contributed by atoms with Crippen LogP contribution in [0.25, 0.3) is 0 Å². The van der Waals surface area contributed by atoms with Gasteiger partial charge in [0.15, 0.2) is 0 Å². The van der Waals surface area contributed by atoms with Crippen molar-refractivity contribution in [2.75, 3.05) is 11.1 Å². The van der Waals surface area contributed by atoms with E-state index in [4.69, 9.17) is 10.9 Å². The SMILES string of the molecule is CCC(CC1CC1)Nc1cc(S(N)(=O)=O)ccc1N. The largest absolute Gasteiger partial charge is 0.397 e. The lowest BCUT2D eigenvalue weighted by molar-refractivity contribution is 0.586. The van der Waals surface area contributed by atoms with E-state index in [1.807, 2.05) is 0 Å². The van der Waals surface area contributed by atoms with Gasteiger partial charge in [0.25, 0.3) is 0 Å². The molecule has 1 aliphatic rings. The highest BCUT2D eigenvalue weighted by atomic mass is 32.2. The molecule has 5 N–H and O–H groups in total. The Labute approximate surface area is 114 Å². The van der Waals surface area contributed by atoms with Gasteiger partial charge in [-0.3, -0.25) is 0 Å². The zero-order chi connectivity index (χ0) is 14.0. The number of nitrogens with two attached hydrogens (primary N) is 2. The summed E-state index contributed by atoms with van der Waals surface area (Å²) in [6.07, 6.45) is 4.68.